The lowest BCUT2D eigenvalue weighted by molar-refractivity contribution is -0.156. The van der Waals surface area contributed by atoms with Crippen molar-refractivity contribution in [3.8, 4) is 5.75 Å². The number of morpholine rings is 1. The van der Waals surface area contributed by atoms with Crippen LogP contribution >= 0.6 is 0 Å². The van der Waals surface area contributed by atoms with Crippen LogP contribution in [0.25, 0.3) is 10.8 Å². The molecule has 1 heterocycles. The summed E-state index contributed by atoms with van der Waals surface area (Å²) in [4.78, 5) is 13.0. The summed E-state index contributed by atoms with van der Waals surface area (Å²) in [6.45, 7) is 1.90. The van der Waals surface area contributed by atoms with Crippen LogP contribution in [0.5, 0.6) is 5.75 Å². The number of aromatic hydroxyl groups is 1. The lowest BCUT2D eigenvalue weighted by atomic mass is 10.0. The summed E-state index contributed by atoms with van der Waals surface area (Å²) < 4.78 is 5.22. The molecule has 0 spiro atoms. The fourth-order valence-corrected chi connectivity index (χ4v) is 2.71. The number of hydrogen-bond acceptors (Lipinski definition) is 4. The van der Waals surface area contributed by atoms with E-state index < -0.39 is 12.1 Å². The predicted octanol–water partition coefficient (Wildman–Crippen LogP) is 1.83. The topological polar surface area (TPSA) is 70.0 Å². The van der Waals surface area contributed by atoms with Crippen molar-refractivity contribution in [1.82, 2.24) is 4.90 Å². The highest BCUT2D eigenvalue weighted by atomic mass is 16.5. The molecule has 2 aromatic carbocycles. The Hall–Kier alpha value is -2.11. The quantitative estimate of drug-likeness (QED) is 0.901. The second-order valence-electron chi connectivity index (χ2n) is 5.22. The van der Waals surface area contributed by atoms with Crippen molar-refractivity contribution in [3.05, 3.63) is 42.0 Å². The lowest BCUT2D eigenvalue weighted by Crippen LogP contribution is -2.45. The van der Waals surface area contributed by atoms with Crippen molar-refractivity contribution in [3.63, 3.8) is 0 Å². The van der Waals surface area contributed by atoms with E-state index in [1.54, 1.807) is 6.07 Å². The highest BCUT2D eigenvalue weighted by Crippen LogP contribution is 2.28. The summed E-state index contributed by atoms with van der Waals surface area (Å²) in [6, 6.07) is 11.4. The van der Waals surface area contributed by atoms with Crippen LogP contribution in [0.1, 0.15) is 5.56 Å². The molecular weight excluding hydrogens is 270 g/mol. The van der Waals surface area contributed by atoms with Crippen LogP contribution in [-0.2, 0) is 16.1 Å². The second kappa shape index (κ2) is 5.71. The highest BCUT2D eigenvalue weighted by Gasteiger charge is 2.26. The highest BCUT2D eigenvalue weighted by molar-refractivity contribution is 5.87. The van der Waals surface area contributed by atoms with Gasteiger partial charge in [-0.2, -0.15) is 0 Å². The van der Waals surface area contributed by atoms with Gasteiger partial charge in [-0.1, -0.05) is 30.3 Å². The number of rotatable bonds is 3. The van der Waals surface area contributed by atoms with E-state index >= 15 is 0 Å². The number of ether oxygens (including phenoxy) is 1. The lowest BCUT2D eigenvalue weighted by Gasteiger charge is -2.31. The van der Waals surface area contributed by atoms with Crippen molar-refractivity contribution in [2.24, 2.45) is 0 Å². The van der Waals surface area contributed by atoms with E-state index in [0.29, 0.717) is 26.2 Å². The Bertz CT molecular complexity index is 670. The summed E-state index contributed by atoms with van der Waals surface area (Å²) in [5, 5.41) is 21.2. The fraction of sp³-hybridized carbons (Fsp3) is 0.312. The number of benzene rings is 2. The van der Waals surface area contributed by atoms with Crippen molar-refractivity contribution in [1.29, 1.82) is 0 Å². The van der Waals surface area contributed by atoms with Gasteiger partial charge in [0.15, 0.2) is 6.10 Å². The molecule has 21 heavy (non-hydrogen) atoms. The maximum Gasteiger partial charge on any atom is 0.334 e. The average molecular weight is 287 g/mol. The molecule has 0 bridgehead atoms. The Morgan fingerprint density at radius 2 is 2.10 bits per heavy atom. The van der Waals surface area contributed by atoms with Crippen LogP contribution < -0.4 is 0 Å². The van der Waals surface area contributed by atoms with Crippen LogP contribution in [0.3, 0.4) is 0 Å². The smallest absolute Gasteiger partial charge is 0.334 e. The van der Waals surface area contributed by atoms with Gasteiger partial charge in [0.05, 0.1) is 6.61 Å². The third kappa shape index (κ3) is 2.84. The van der Waals surface area contributed by atoms with E-state index in [2.05, 4.69) is 0 Å². The Labute approximate surface area is 122 Å². The first kappa shape index (κ1) is 13.9. The minimum atomic E-state index is -0.943. The Balaban J connectivity index is 1.87. The van der Waals surface area contributed by atoms with E-state index in [1.165, 1.54) is 0 Å². The molecule has 0 radical (unpaired) electrons. The normalized spacial score (nSPS) is 19.7. The summed E-state index contributed by atoms with van der Waals surface area (Å²) in [5.74, 6) is -0.700. The molecule has 1 aliphatic heterocycles. The molecule has 5 nitrogen and oxygen atoms in total. The molecule has 0 saturated carbocycles. The molecule has 1 unspecified atom stereocenters. The van der Waals surface area contributed by atoms with Crippen molar-refractivity contribution in [2.75, 3.05) is 19.7 Å². The maximum absolute atomic E-state index is 11.0. The third-order valence-electron chi connectivity index (χ3n) is 3.82. The molecule has 1 saturated heterocycles. The van der Waals surface area contributed by atoms with Gasteiger partial charge in [-0.25, -0.2) is 4.79 Å². The molecule has 0 amide bonds. The fourth-order valence-electron chi connectivity index (χ4n) is 2.71. The first-order chi connectivity index (χ1) is 10.1. The molecule has 5 heteroatoms. The van der Waals surface area contributed by atoms with Crippen LogP contribution in [-0.4, -0.2) is 46.9 Å². The number of carboxylic acids is 1. The molecule has 2 N–H and O–H groups in total. The van der Waals surface area contributed by atoms with E-state index in [9.17, 15) is 9.90 Å². The van der Waals surface area contributed by atoms with Crippen LogP contribution in [0.15, 0.2) is 36.4 Å². The summed E-state index contributed by atoms with van der Waals surface area (Å²) in [6.07, 6.45) is -0.795. The zero-order valence-electron chi connectivity index (χ0n) is 11.5. The number of carboxylic acid groups (broad SMARTS) is 1. The minimum absolute atomic E-state index is 0.243. The van der Waals surface area contributed by atoms with Gasteiger partial charge in [0, 0.05) is 25.2 Å². The SMILES string of the molecule is O=C(O)C1CN(Cc2c(O)ccc3ccccc23)CCO1. The molecule has 0 aromatic heterocycles. The van der Waals surface area contributed by atoms with Gasteiger partial charge < -0.3 is 14.9 Å². The summed E-state index contributed by atoms with van der Waals surface area (Å²) >= 11 is 0. The number of carbonyl (C=O) groups is 1. The number of nitrogens with zero attached hydrogens (tertiary/aromatic N) is 1. The van der Waals surface area contributed by atoms with Gasteiger partial charge in [0.2, 0.25) is 0 Å². The first-order valence-electron chi connectivity index (χ1n) is 6.91. The van der Waals surface area contributed by atoms with Gasteiger partial charge in [0.1, 0.15) is 5.75 Å². The van der Waals surface area contributed by atoms with E-state index in [1.807, 2.05) is 35.2 Å². The molecule has 1 atom stereocenters. The van der Waals surface area contributed by atoms with Gasteiger partial charge in [-0.05, 0) is 16.8 Å². The van der Waals surface area contributed by atoms with Gasteiger partial charge >= 0.3 is 5.97 Å². The Morgan fingerprint density at radius 3 is 2.90 bits per heavy atom. The van der Waals surface area contributed by atoms with Crippen LogP contribution in [0.2, 0.25) is 0 Å². The van der Waals surface area contributed by atoms with E-state index in [4.69, 9.17) is 9.84 Å². The third-order valence-corrected chi connectivity index (χ3v) is 3.82. The van der Waals surface area contributed by atoms with Crippen molar-refractivity contribution >= 4 is 16.7 Å². The summed E-state index contributed by atoms with van der Waals surface area (Å²) in [5.41, 5.74) is 0.833. The number of phenolic OH excluding ortho intramolecular Hbond substituents is 1. The second-order valence-corrected chi connectivity index (χ2v) is 5.22. The molecule has 2 aromatic rings. The largest absolute Gasteiger partial charge is 0.508 e. The zero-order chi connectivity index (χ0) is 14.8. The molecule has 1 aliphatic rings. The number of fused-ring (bicyclic) bond motifs is 1. The molecule has 110 valence electrons. The number of hydrogen-bond donors (Lipinski definition) is 2. The van der Waals surface area contributed by atoms with Crippen LogP contribution in [0.4, 0.5) is 0 Å². The summed E-state index contributed by atoms with van der Waals surface area (Å²) in [7, 11) is 0. The monoisotopic (exact) mass is 287 g/mol. The van der Waals surface area contributed by atoms with Crippen molar-refractivity contribution in [2.45, 2.75) is 12.6 Å². The van der Waals surface area contributed by atoms with Gasteiger partial charge in [-0.3, -0.25) is 4.90 Å². The first-order valence-corrected chi connectivity index (χ1v) is 6.91. The standard InChI is InChI=1S/C16H17NO4/c18-14-6-5-11-3-1-2-4-12(11)13(14)9-17-7-8-21-15(10-17)16(19)20/h1-6,15,18H,7-10H2,(H,19,20). The van der Waals surface area contributed by atoms with E-state index in [-0.39, 0.29) is 5.75 Å². The zero-order valence-corrected chi connectivity index (χ0v) is 11.5. The maximum atomic E-state index is 11.0. The van der Waals surface area contributed by atoms with Gasteiger partial charge in [-0.15, -0.1) is 0 Å². The number of phenols is 1. The van der Waals surface area contributed by atoms with Crippen molar-refractivity contribution < 1.29 is 19.7 Å². The van der Waals surface area contributed by atoms with Crippen LogP contribution in [0, 0.1) is 0 Å². The molecule has 1 fully saturated rings. The van der Waals surface area contributed by atoms with Gasteiger partial charge in [0.25, 0.3) is 0 Å². The molecular formula is C16H17NO4. The predicted molar refractivity (Wildman–Crippen MR) is 78.3 cm³/mol. The minimum Gasteiger partial charge on any atom is -0.508 e. The van der Waals surface area contributed by atoms with E-state index in [0.717, 1.165) is 16.3 Å². The Kier molecular flexibility index (Phi) is 3.77. The Morgan fingerprint density at radius 1 is 1.29 bits per heavy atom. The molecule has 3 rings (SSSR count). The average Bonchev–Trinajstić information content (AvgIpc) is 2.50. The number of aliphatic carboxylic acids is 1. The molecule has 0 aliphatic carbocycles.